The van der Waals surface area contributed by atoms with Gasteiger partial charge in [0.05, 0.1) is 36.9 Å². The van der Waals surface area contributed by atoms with Crippen molar-refractivity contribution >= 4 is 23.6 Å². The minimum absolute atomic E-state index is 0.126. The summed E-state index contributed by atoms with van der Waals surface area (Å²) in [4.78, 5) is 26.6. The number of imide groups is 1. The first-order chi connectivity index (χ1) is 15.7. The van der Waals surface area contributed by atoms with Crippen LogP contribution in [0, 0.1) is 0 Å². The molecule has 2 aromatic heterocycles. The number of methoxy groups -OCH3 is 1. The van der Waals surface area contributed by atoms with Crippen molar-refractivity contribution in [3.8, 4) is 17.1 Å². The van der Waals surface area contributed by atoms with Gasteiger partial charge < -0.3 is 9.15 Å². The summed E-state index contributed by atoms with van der Waals surface area (Å²) in [6.45, 7) is 0.400. The molecule has 2 aromatic carbocycles. The third-order valence-electron chi connectivity index (χ3n) is 5.14. The van der Waals surface area contributed by atoms with Crippen molar-refractivity contribution in [3.63, 3.8) is 0 Å². The molecule has 1 aliphatic rings. The summed E-state index contributed by atoms with van der Waals surface area (Å²) >= 11 is 1.27. The van der Waals surface area contributed by atoms with E-state index in [0.29, 0.717) is 34.4 Å². The maximum atomic E-state index is 12.7. The molecule has 3 heterocycles. The number of hydrogen-bond donors (Lipinski definition) is 0. The van der Waals surface area contributed by atoms with Gasteiger partial charge in [0.1, 0.15) is 11.5 Å². The van der Waals surface area contributed by atoms with Gasteiger partial charge in [0.15, 0.2) is 11.0 Å². The van der Waals surface area contributed by atoms with E-state index in [1.165, 1.54) is 16.7 Å². The van der Waals surface area contributed by atoms with Crippen LogP contribution in [0.3, 0.4) is 0 Å². The van der Waals surface area contributed by atoms with Gasteiger partial charge in [-0.2, -0.15) is 0 Å². The highest BCUT2D eigenvalue weighted by Gasteiger charge is 2.35. The van der Waals surface area contributed by atoms with Gasteiger partial charge >= 0.3 is 0 Å². The molecule has 0 N–H and O–H groups in total. The number of nitrogens with zero attached hydrogens (tertiary/aromatic N) is 4. The molecule has 0 bridgehead atoms. The smallest absolute Gasteiger partial charge is 0.262 e. The Morgan fingerprint density at radius 1 is 0.969 bits per heavy atom. The zero-order chi connectivity index (χ0) is 22.1. The number of fused-ring (bicyclic) bond motifs is 1. The van der Waals surface area contributed by atoms with Gasteiger partial charge in [-0.25, -0.2) is 0 Å². The molecule has 8 nitrogen and oxygen atoms in total. The molecule has 0 fully saturated rings. The molecule has 4 aromatic rings. The quantitative estimate of drug-likeness (QED) is 0.314. The van der Waals surface area contributed by atoms with Gasteiger partial charge in [-0.15, -0.1) is 10.2 Å². The van der Waals surface area contributed by atoms with E-state index in [0.717, 1.165) is 11.3 Å². The molecule has 5 rings (SSSR count). The summed E-state index contributed by atoms with van der Waals surface area (Å²) in [5, 5.41) is 9.27. The minimum Gasteiger partial charge on any atom is -0.497 e. The first-order valence-corrected chi connectivity index (χ1v) is 10.8. The fourth-order valence-corrected chi connectivity index (χ4v) is 4.44. The number of furan rings is 1. The number of rotatable bonds is 7. The number of ether oxygens (including phenoxy) is 1. The van der Waals surface area contributed by atoms with E-state index in [2.05, 4.69) is 10.2 Å². The van der Waals surface area contributed by atoms with Crippen molar-refractivity contribution in [1.29, 1.82) is 0 Å². The zero-order valence-electron chi connectivity index (χ0n) is 17.1. The third-order valence-corrected chi connectivity index (χ3v) is 6.09. The van der Waals surface area contributed by atoms with Crippen molar-refractivity contribution in [2.45, 2.75) is 11.7 Å². The number of aromatic nitrogens is 3. The summed E-state index contributed by atoms with van der Waals surface area (Å²) in [7, 11) is 1.61. The number of carbonyl (C=O) groups is 2. The Balaban J connectivity index is 1.44. The molecule has 0 saturated carbocycles. The lowest BCUT2D eigenvalue weighted by Crippen LogP contribution is -2.29. The van der Waals surface area contributed by atoms with E-state index in [1.54, 1.807) is 37.6 Å². The van der Waals surface area contributed by atoms with Crippen LogP contribution in [0.5, 0.6) is 5.75 Å². The maximum Gasteiger partial charge on any atom is 0.262 e. The largest absolute Gasteiger partial charge is 0.497 e. The molecule has 32 heavy (non-hydrogen) atoms. The molecule has 160 valence electrons. The van der Waals surface area contributed by atoms with E-state index in [1.807, 2.05) is 41.0 Å². The Kier molecular flexibility index (Phi) is 5.24. The summed E-state index contributed by atoms with van der Waals surface area (Å²) in [5.74, 6) is 1.59. The Morgan fingerprint density at radius 2 is 1.75 bits per heavy atom. The average Bonchev–Trinajstić information content (AvgIpc) is 3.54. The van der Waals surface area contributed by atoms with Crippen LogP contribution in [0.4, 0.5) is 0 Å². The van der Waals surface area contributed by atoms with E-state index in [-0.39, 0.29) is 17.7 Å². The lowest BCUT2D eigenvalue weighted by Gasteiger charge is -2.14. The van der Waals surface area contributed by atoms with Crippen LogP contribution in [-0.2, 0) is 6.54 Å². The van der Waals surface area contributed by atoms with E-state index in [4.69, 9.17) is 9.15 Å². The van der Waals surface area contributed by atoms with Crippen molar-refractivity contribution in [2.75, 3.05) is 13.0 Å². The molecule has 0 unspecified atom stereocenters. The van der Waals surface area contributed by atoms with Gasteiger partial charge in [0.25, 0.3) is 11.8 Å². The monoisotopic (exact) mass is 446 g/mol. The molecule has 0 aliphatic carbocycles. The highest BCUT2D eigenvalue weighted by Crippen LogP contribution is 2.30. The Bertz CT molecular complexity index is 1260. The second-order valence-electron chi connectivity index (χ2n) is 7.06. The number of carbonyl (C=O) groups excluding carboxylic acids is 2. The second-order valence-corrected chi connectivity index (χ2v) is 7.97. The van der Waals surface area contributed by atoms with Crippen LogP contribution < -0.4 is 4.74 Å². The Morgan fingerprint density at radius 3 is 2.44 bits per heavy atom. The van der Waals surface area contributed by atoms with Crippen LogP contribution in [0.1, 0.15) is 26.5 Å². The Hall–Kier alpha value is -3.85. The van der Waals surface area contributed by atoms with E-state index < -0.39 is 0 Å². The minimum atomic E-state index is -0.303. The van der Waals surface area contributed by atoms with E-state index in [9.17, 15) is 9.59 Å². The molecule has 9 heteroatoms. The third kappa shape index (κ3) is 3.56. The standard InChI is InChI=1S/C23H18N4O4S/c1-30-16-7-4-6-15(12-16)20-24-25-23(26(20)13-17-8-5-11-31-17)32-14-27-21(28)18-9-2-3-10-19(18)22(27)29/h2-12H,13-14H2,1H3. The average molecular weight is 446 g/mol. The lowest BCUT2D eigenvalue weighted by atomic mass is 10.1. The molecule has 0 atom stereocenters. The molecule has 2 amide bonds. The van der Waals surface area contributed by atoms with Crippen LogP contribution in [-0.4, -0.2) is 44.5 Å². The zero-order valence-corrected chi connectivity index (χ0v) is 17.9. The number of hydrogen-bond acceptors (Lipinski definition) is 7. The second kappa shape index (κ2) is 8.35. The number of amides is 2. The predicted octanol–water partition coefficient (Wildman–Crippen LogP) is 3.94. The first kappa shape index (κ1) is 20.1. The molecule has 0 spiro atoms. The first-order valence-electron chi connectivity index (χ1n) is 9.83. The molecule has 0 saturated heterocycles. The molecule has 1 aliphatic heterocycles. The van der Waals surface area contributed by atoms with E-state index >= 15 is 0 Å². The summed E-state index contributed by atoms with van der Waals surface area (Å²) < 4.78 is 12.8. The van der Waals surface area contributed by atoms with Gasteiger partial charge in [0.2, 0.25) is 0 Å². The van der Waals surface area contributed by atoms with Crippen LogP contribution in [0.2, 0.25) is 0 Å². The highest BCUT2D eigenvalue weighted by molar-refractivity contribution is 7.99. The predicted molar refractivity (Wildman–Crippen MR) is 117 cm³/mol. The van der Waals surface area contributed by atoms with Gasteiger partial charge in [-0.05, 0) is 36.4 Å². The highest BCUT2D eigenvalue weighted by atomic mass is 32.2. The molecule has 0 radical (unpaired) electrons. The van der Waals surface area contributed by atoms with Gasteiger partial charge in [-0.1, -0.05) is 36.0 Å². The fourth-order valence-electron chi connectivity index (χ4n) is 3.55. The number of benzene rings is 2. The van der Waals surface area contributed by atoms with Gasteiger partial charge in [-0.3, -0.25) is 19.1 Å². The number of thioether (sulfide) groups is 1. The molecular formula is C23H18N4O4S. The van der Waals surface area contributed by atoms with Crippen molar-refractivity contribution in [2.24, 2.45) is 0 Å². The van der Waals surface area contributed by atoms with Gasteiger partial charge in [0, 0.05) is 5.56 Å². The van der Waals surface area contributed by atoms with Crippen LogP contribution in [0.25, 0.3) is 11.4 Å². The normalized spacial score (nSPS) is 13.0. The summed E-state index contributed by atoms with van der Waals surface area (Å²) in [6.07, 6.45) is 1.61. The van der Waals surface area contributed by atoms with Crippen LogP contribution >= 0.6 is 11.8 Å². The summed E-state index contributed by atoms with van der Waals surface area (Å²) in [6, 6.07) is 18.1. The lowest BCUT2D eigenvalue weighted by molar-refractivity contribution is 0.0684. The van der Waals surface area contributed by atoms with Crippen molar-refractivity contribution in [3.05, 3.63) is 83.8 Å². The summed E-state index contributed by atoms with van der Waals surface area (Å²) in [5.41, 5.74) is 1.68. The van der Waals surface area contributed by atoms with Crippen LogP contribution in [0.15, 0.2) is 76.5 Å². The topological polar surface area (TPSA) is 90.5 Å². The SMILES string of the molecule is COc1cccc(-c2nnc(SCN3C(=O)c4ccccc4C3=O)n2Cc2ccco2)c1. The maximum absolute atomic E-state index is 12.7. The van der Waals surface area contributed by atoms with Crippen molar-refractivity contribution in [1.82, 2.24) is 19.7 Å². The fraction of sp³-hybridized carbons (Fsp3) is 0.130. The van der Waals surface area contributed by atoms with Crippen molar-refractivity contribution < 1.29 is 18.7 Å². The Labute approximate surface area is 187 Å². The molecular weight excluding hydrogens is 428 g/mol.